The van der Waals surface area contributed by atoms with Gasteiger partial charge in [-0.2, -0.15) is 4.31 Å². The highest BCUT2D eigenvalue weighted by atomic mass is 32.2. The molecule has 0 saturated carbocycles. The molecule has 1 amide bonds. The quantitative estimate of drug-likeness (QED) is 0.842. The van der Waals surface area contributed by atoms with Crippen molar-refractivity contribution in [2.75, 3.05) is 26.2 Å². The summed E-state index contributed by atoms with van der Waals surface area (Å²) in [4.78, 5) is 14.8. The minimum absolute atomic E-state index is 0.0485. The fourth-order valence-electron chi connectivity index (χ4n) is 3.50. The summed E-state index contributed by atoms with van der Waals surface area (Å²) in [5, 5.41) is 0. The van der Waals surface area contributed by atoms with Crippen molar-refractivity contribution in [3.8, 4) is 0 Å². The molecule has 6 heteroatoms. The van der Waals surface area contributed by atoms with Crippen molar-refractivity contribution in [2.45, 2.75) is 49.8 Å². The Morgan fingerprint density at radius 2 is 1.42 bits per heavy atom. The second-order valence-corrected chi connectivity index (χ2v) is 8.64. The van der Waals surface area contributed by atoms with Gasteiger partial charge in [-0.3, -0.25) is 4.79 Å². The van der Waals surface area contributed by atoms with Crippen LogP contribution in [0, 0.1) is 0 Å². The molecule has 0 atom stereocenters. The zero-order chi connectivity index (χ0) is 17.0. The molecule has 2 aliphatic rings. The van der Waals surface area contributed by atoms with Crippen LogP contribution in [0.2, 0.25) is 0 Å². The summed E-state index contributed by atoms with van der Waals surface area (Å²) in [5.74, 6) is -0.0485. The summed E-state index contributed by atoms with van der Waals surface area (Å²) < 4.78 is 27.1. The van der Waals surface area contributed by atoms with Gasteiger partial charge in [0.25, 0.3) is 5.91 Å². The predicted molar refractivity (Wildman–Crippen MR) is 93.4 cm³/mol. The Bertz CT molecular complexity index is 673. The standard InChI is InChI=1S/C18H26N2O3S/c21-18(19-11-4-1-2-5-12-19)16-9-8-10-17(15-16)24(22,23)20-13-6-3-7-14-20/h8-10,15H,1-7,11-14H2. The molecule has 0 spiro atoms. The predicted octanol–water partition coefficient (Wildman–Crippen LogP) is 2.88. The fraction of sp³-hybridized carbons (Fsp3) is 0.611. The van der Waals surface area contributed by atoms with Gasteiger partial charge in [-0.05, 0) is 43.9 Å². The largest absolute Gasteiger partial charge is 0.339 e. The molecule has 0 unspecified atom stereocenters. The maximum Gasteiger partial charge on any atom is 0.253 e. The number of sulfonamides is 1. The Kier molecular flexibility index (Phi) is 5.56. The van der Waals surface area contributed by atoms with E-state index in [0.29, 0.717) is 18.7 Å². The van der Waals surface area contributed by atoms with E-state index >= 15 is 0 Å². The van der Waals surface area contributed by atoms with Crippen LogP contribution in [0.25, 0.3) is 0 Å². The number of hydrogen-bond donors (Lipinski definition) is 0. The molecule has 0 aromatic heterocycles. The molecular formula is C18H26N2O3S. The molecule has 3 rings (SSSR count). The lowest BCUT2D eigenvalue weighted by molar-refractivity contribution is 0.0761. The first-order valence-electron chi connectivity index (χ1n) is 8.98. The van der Waals surface area contributed by atoms with Crippen molar-refractivity contribution in [1.82, 2.24) is 9.21 Å². The number of hydrogen-bond acceptors (Lipinski definition) is 3. The molecule has 0 N–H and O–H groups in total. The van der Waals surface area contributed by atoms with E-state index in [1.807, 2.05) is 4.90 Å². The molecule has 24 heavy (non-hydrogen) atoms. The van der Waals surface area contributed by atoms with E-state index in [9.17, 15) is 13.2 Å². The second-order valence-electron chi connectivity index (χ2n) is 6.70. The lowest BCUT2D eigenvalue weighted by Gasteiger charge is -2.26. The van der Waals surface area contributed by atoms with E-state index < -0.39 is 10.0 Å². The lowest BCUT2D eigenvalue weighted by Crippen LogP contribution is -2.36. The number of amides is 1. The van der Waals surface area contributed by atoms with Gasteiger partial charge in [-0.15, -0.1) is 0 Å². The molecule has 0 radical (unpaired) electrons. The van der Waals surface area contributed by atoms with Crippen molar-refractivity contribution in [2.24, 2.45) is 0 Å². The van der Waals surface area contributed by atoms with Gasteiger partial charge in [-0.1, -0.05) is 25.3 Å². The minimum atomic E-state index is -3.49. The van der Waals surface area contributed by atoms with Crippen LogP contribution < -0.4 is 0 Å². The molecule has 2 fully saturated rings. The second kappa shape index (κ2) is 7.66. The van der Waals surface area contributed by atoms with Crippen LogP contribution in [0.5, 0.6) is 0 Å². The highest BCUT2D eigenvalue weighted by Gasteiger charge is 2.27. The van der Waals surface area contributed by atoms with Gasteiger partial charge >= 0.3 is 0 Å². The van der Waals surface area contributed by atoms with Gasteiger partial charge in [0.1, 0.15) is 0 Å². The average Bonchev–Trinajstić information content (AvgIpc) is 2.91. The number of carbonyl (C=O) groups excluding carboxylic acids is 1. The third-order valence-corrected chi connectivity index (χ3v) is 6.82. The van der Waals surface area contributed by atoms with Crippen LogP contribution in [0.4, 0.5) is 0 Å². The summed E-state index contributed by atoms with van der Waals surface area (Å²) in [6, 6.07) is 6.56. The average molecular weight is 350 g/mol. The monoisotopic (exact) mass is 350 g/mol. The van der Waals surface area contributed by atoms with Crippen molar-refractivity contribution in [3.63, 3.8) is 0 Å². The molecule has 2 aliphatic heterocycles. The minimum Gasteiger partial charge on any atom is -0.339 e. The SMILES string of the molecule is O=C(c1cccc(S(=O)(=O)N2CCCCC2)c1)N1CCCCCC1. The topological polar surface area (TPSA) is 57.7 Å². The maximum atomic E-state index is 12.8. The Morgan fingerprint density at radius 1 is 0.833 bits per heavy atom. The number of rotatable bonds is 3. The zero-order valence-electron chi connectivity index (χ0n) is 14.1. The Hall–Kier alpha value is -1.40. The van der Waals surface area contributed by atoms with Crippen LogP contribution in [0.15, 0.2) is 29.2 Å². The van der Waals surface area contributed by atoms with E-state index in [2.05, 4.69) is 0 Å². The van der Waals surface area contributed by atoms with Crippen molar-refractivity contribution in [1.29, 1.82) is 0 Å². The van der Waals surface area contributed by atoms with Crippen molar-refractivity contribution in [3.05, 3.63) is 29.8 Å². The smallest absolute Gasteiger partial charge is 0.253 e. The third-order valence-electron chi connectivity index (χ3n) is 4.93. The molecule has 0 aliphatic carbocycles. The van der Waals surface area contributed by atoms with E-state index in [0.717, 1.165) is 58.0 Å². The molecule has 2 saturated heterocycles. The normalized spacial score (nSPS) is 20.6. The van der Waals surface area contributed by atoms with E-state index in [1.54, 1.807) is 28.6 Å². The number of likely N-dealkylation sites (tertiary alicyclic amines) is 1. The fourth-order valence-corrected chi connectivity index (χ4v) is 5.06. The van der Waals surface area contributed by atoms with Gasteiger partial charge in [0, 0.05) is 31.7 Å². The van der Waals surface area contributed by atoms with Crippen LogP contribution in [-0.4, -0.2) is 49.7 Å². The molecular weight excluding hydrogens is 324 g/mol. The maximum absolute atomic E-state index is 12.8. The lowest BCUT2D eigenvalue weighted by atomic mass is 10.2. The number of carbonyl (C=O) groups is 1. The number of benzene rings is 1. The Labute approximate surface area is 144 Å². The Morgan fingerprint density at radius 3 is 2.08 bits per heavy atom. The highest BCUT2D eigenvalue weighted by Crippen LogP contribution is 2.22. The first-order valence-corrected chi connectivity index (χ1v) is 10.4. The zero-order valence-corrected chi connectivity index (χ0v) is 14.9. The van der Waals surface area contributed by atoms with Gasteiger partial charge in [0.15, 0.2) is 0 Å². The van der Waals surface area contributed by atoms with Gasteiger partial charge < -0.3 is 4.90 Å². The van der Waals surface area contributed by atoms with E-state index in [1.165, 1.54) is 0 Å². The van der Waals surface area contributed by atoms with Gasteiger partial charge in [-0.25, -0.2) is 8.42 Å². The molecule has 0 bridgehead atoms. The molecule has 1 aromatic carbocycles. The molecule has 5 nitrogen and oxygen atoms in total. The number of nitrogens with zero attached hydrogens (tertiary/aromatic N) is 2. The summed E-state index contributed by atoms with van der Waals surface area (Å²) in [5.41, 5.74) is 0.481. The summed E-state index contributed by atoms with van der Waals surface area (Å²) in [6.07, 6.45) is 7.27. The summed E-state index contributed by atoms with van der Waals surface area (Å²) >= 11 is 0. The highest BCUT2D eigenvalue weighted by molar-refractivity contribution is 7.89. The van der Waals surface area contributed by atoms with Gasteiger partial charge in [0.05, 0.1) is 4.90 Å². The summed E-state index contributed by atoms with van der Waals surface area (Å²) in [7, 11) is -3.49. The first-order chi connectivity index (χ1) is 11.6. The van der Waals surface area contributed by atoms with Gasteiger partial charge in [0.2, 0.25) is 10.0 Å². The summed E-state index contributed by atoms with van der Waals surface area (Å²) in [6.45, 7) is 2.68. The van der Waals surface area contributed by atoms with Crippen LogP contribution in [-0.2, 0) is 10.0 Å². The van der Waals surface area contributed by atoms with Crippen LogP contribution >= 0.6 is 0 Å². The number of piperidine rings is 1. The van der Waals surface area contributed by atoms with Crippen molar-refractivity contribution >= 4 is 15.9 Å². The molecule has 1 aromatic rings. The molecule has 132 valence electrons. The van der Waals surface area contributed by atoms with E-state index in [4.69, 9.17) is 0 Å². The van der Waals surface area contributed by atoms with Crippen LogP contribution in [0.3, 0.4) is 0 Å². The van der Waals surface area contributed by atoms with Crippen LogP contribution in [0.1, 0.15) is 55.3 Å². The van der Waals surface area contributed by atoms with E-state index in [-0.39, 0.29) is 10.8 Å². The first kappa shape index (κ1) is 17.4. The third kappa shape index (κ3) is 3.81. The Balaban J connectivity index is 1.81. The molecule has 2 heterocycles. The van der Waals surface area contributed by atoms with Crippen molar-refractivity contribution < 1.29 is 13.2 Å².